The van der Waals surface area contributed by atoms with Crippen molar-refractivity contribution in [2.45, 2.75) is 30.3 Å². The Kier molecular flexibility index (Phi) is 4.85. The number of ketones is 1. The number of hydrogen-bond acceptors (Lipinski definition) is 5. The maximum absolute atomic E-state index is 12.7. The molecule has 0 aromatic heterocycles. The van der Waals surface area contributed by atoms with Crippen LogP contribution in [0.5, 0.6) is 0 Å². The van der Waals surface area contributed by atoms with E-state index >= 15 is 0 Å². The number of para-hydroxylation sites is 1. The third-order valence-electron chi connectivity index (χ3n) is 5.79. The van der Waals surface area contributed by atoms with Crippen molar-refractivity contribution in [3.05, 3.63) is 82.8 Å². The fourth-order valence-electron chi connectivity index (χ4n) is 4.38. The molecule has 0 radical (unpaired) electrons. The first kappa shape index (κ1) is 20.4. The van der Waals surface area contributed by atoms with E-state index < -0.39 is 27.1 Å². The Labute approximate surface area is 175 Å². The van der Waals surface area contributed by atoms with Gasteiger partial charge in [0.1, 0.15) is 12.0 Å². The highest BCUT2D eigenvalue weighted by molar-refractivity contribution is 7.97. The van der Waals surface area contributed by atoms with Gasteiger partial charge in [0, 0.05) is 17.2 Å². The Morgan fingerprint density at radius 3 is 2.43 bits per heavy atom. The zero-order chi connectivity index (χ0) is 21.7. The monoisotopic (exact) mass is 424 g/mol. The minimum Gasteiger partial charge on any atom is -0.288 e. The molecule has 6 nitrogen and oxygen atoms in total. The van der Waals surface area contributed by atoms with Crippen LogP contribution >= 0.6 is 0 Å². The summed E-state index contributed by atoms with van der Waals surface area (Å²) in [5.74, 6) is -0.532. The summed E-state index contributed by atoms with van der Waals surface area (Å²) in [5.41, 5.74) is 2.66. The lowest BCUT2D eigenvalue weighted by atomic mass is 9.79. The van der Waals surface area contributed by atoms with Crippen molar-refractivity contribution in [1.29, 1.82) is 0 Å². The number of sulfone groups is 1. The number of allylic oxidation sites excluding steroid dienone is 3. The summed E-state index contributed by atoms with van der Waals surface area (Å²) < 4.78 is 27.3. The summed E-state index contributed by atoms with van der Waals surface area (Å²) >= 11 is 0. The number of carbonyl (C=O) groups excluding carboxylic acids is 1. The fraction of sp³-hybridized carbons (Fsp3) is 0.217. The summed E-state index contributed by atoms with van der Waals surface area (Å²) in [6, 6.07) is 14.1. The summed E-state index contributed by atoms with van der Waals surface area (Å²) in [7, 11) is -1.97. The number of Topliss-reactive ketones (excluding diaryl/α,β-unsaturated/α-hetero) is 1. The molecule has 0 saturated heterocycles. The van der Waals surface area contributed by atoms with Crippen molar-refractivity contribution in [2.24, 2.45) is 0 Å². The first-order valence-electron chi connectivity index (χ1n) is 9.49. The Hall–Kier alpha value is -2.87. The van der Waals surface area contributed by atoms with Gasteiger partial charge in [0.05, 0.1) is 10.3 Å². The van der Waals surface area contributed by atoms with Crippen LogP contribution in [-0.4, -0.2) is 42.9 Å². The minimum atomic E-state index is -3.86. The van der Waals surface area contributed by atoms with E-state index in [4.69, 9.17) is 4.89 Å². The number of rotatable bonds is 4. The minimum absolute atomic E-state index is 0.0195. The number of fused-ring (bicyclic) bond motifs is 2. The molecule has 2 heterocycles. The molecule has 0 fully saturated rings. The van der Waals surface area contributed by atoms with Crippen LogP contribution in [0.4, 0.5) is 5.69 Å². The van der Waals surface area contributed by atoms with Gasteiger partial charge in [-0.15, -0.1) is 0 Å². The molecule has 2 aromatic carbocycles. The number of benzene rings is 2. The van der Waals surface area contributed by atoms with Gasteiger partial charge in [-0.3, -0.25) is 10.1 Å². The first-order chi connectivity index (χ1) is 14.2. The average molecular weight is 424 g/mol. The molecule has 0 bridgehead atoms. The molecule has 0 aliphatic carbocycles. The van der Waals surface area contributed by atoms with E-state index in [1.807, 2.05) is 49.7 Å². The lowest BCUT2D eigenvalue weighted by molar-refractivity contribution is -0.410. The summed E-state index contributed by atoms with van der Waals surface area (Å²) in [6.45, 7) is 4.06. The lowest BCUT2D eigenvalue weighted by Crippen LogP contribution is -2.38. The van der Waals surface area contributed by atoms with Crippen molar-refractivity contribution in [3.8, 4) is 0 Å². The molecule has 2 aromatic rings. The summed E-state index contributed by atoms with van der Waals surface area (Å²) in [5, 5.41) is 9.60. The topological polar surface area (TPSA) is 83.7 Å². The number of carbonyl (C=O) groups is 1. The summed E-state index contributed by atoms with van der Waals surface area (Å²) in [6.07, 6.45) is 3.42. The standard InChI is InChI=1S/C23H21NO5S/c1-23(2)16-10-5-6-11-17(16)24(3)22(23)18(29-26)12-8-14-20-21(25)15-9-4-7-13-19(15)30(20,27)28/h4-14,18H,1-3H3/p+1. The van der Waals surface area contributed by atoms with E-state index in [9.17, 15) is 18.5 Å². The molecule has 1 N–H and O–H groups in total. The van der Waals surface area contributed by atoms with E-state index in [0.717, 1.165) is 17.0 Å². The van der Waals surface area contributed by atoms with Crippen molar-refractivity contribution in [2.75, 3.05) is 7.05 Å². The molecule has 0 amide bonds. The van der Waals surface area contributed by atoms with Gasteiger partial charge >= 0.3 is 0 Å². The van der Waals surface area contributed by atoms with Crippen molar-refractivity contribution >= 4 is 27.0 Å². The van der Waals surface area contributed by atoms with Crippen molar-refractivity contribution in [1.82, 2.24) is 0 Å². The van der Waals surface area contributed by atoms with Crippen LogP contribution in [0, 0.1) is 0 Å². The highest BCUT2D eigenvalue weighted by atomic mass is 32.2. The largest absolute Gasteiger partial charge is 0.288 e. The normalized spacial score (nSPS) is 21.3. The van der Waals surface area contributed by atoms with Gasteiger partial charge < -0.3 is 0 Å². The van der Waals surface area contributed by atoms with Crippen LogP contribution in [0.15, 0.2) is 76.6 Å². The van der Waals surface area contributed by atoms with Gasteiger partial charge in [-0.25, -0.2) is 13.3 Å². The molecule has 7 heteroatoms. The molecule has 2 aliphatic rings. The van der Waals surface area contributed by atoms with Gasteiger partial charge in [-0.05, 0) is 38.1 Å². The first-order valence-corrected chi connectivity index (χ1v) is 11.0. The second kappa shape index (κ2) is 7.12. The molecule has 154 valence electrons. The maximum Gasteiger partial charge on any atom is 0.211 e. The summed E-state index contributed by atoms with van der Waals surface area (Å²) in [4.78, 5) is 17.0. The third-order valence-corrected chi connectivity index (χ3v) is 7.63. The van der Waals surface area contributed by atoms with Crippen LogP contribution in [0.3, 0.4) is 0 Å². The molecule has 2 aliphatic heterocycles. The predicted molar refractivity (Wildman–Crippen MR) is 113 cm³/mol. The van der Waals surface area contributed by atoms with Gasteiger partial charge in [0.25, 0.3) is 0 Å². The highest BCUT2D eigenvalue weighted by Gasteiger charge is 2.48. The van der Waals surface area contributed by atoms with Gasteiger partial charge in [-0.1, -0.05) is 36.4 Å². The fourth-order valence-corrected chi connectivity index (χ4v) is 5.93. The zero-order valence-electron chi connectivity index (χ0n) is 16.9. The molecule has 0 saturated carbocycles. The number of nitrogens with zero attached hydrogens (tertiary/aromatic N) is 1. The van der Waals surface area contributed by atoms with Crippen molar-refractivity contribution < 1.29 is 27.9 Å². The van der Waals surface area contributed by atoms with E-state index in [0.29, 0.717) is 0 Å². The maximum atomic E-state index is 12.7. The smallest absolute Gasteiger partial charge is 0.211 e. The van der Waals surface area contributed by atoms with Crippen LogP contribution in [-0.2, 0) is 20.1 Å². The highest BCUT2D eigenvalue weighted by Crippen LogP contribution is 2.40. The van der Waals surface area contributed by atoms with Crippen LogP contribution in [0.1, 0.15) is 29.8 Å². The molecule has 0 spiro atoms. The Morgan fingerprint density at radius 1 is 1.10 bits per heavy atom. The Bertz CT molecular complexity index is 1250. The van der Waals surface area contributed by atoms with Crippen molar-refractivity contribution in [3.63, 3.8) is 0 Å². The molecule has 1 unspecified atom stereocenters. The molecule has 4 rings (SSSR count). The van der Waals surface area contributed by atoms with E-state index in [-0.39, 0.29) is 15.4 Å². The third kappa shape index (κ3) is 2.89. The molecule has 30 heavy (non-hydrogen) atoms. The second-order valence-corrected chi connectivity index (χ2v) is 9.74. The van der Waals surface area contributed by atoms with Gasteiger partial charge in [0.2, 0.25) is 27.0 Å². The Balaban J connectivity index is 1.70. The second-order valence-electron chi connectivity index (χ2n) is 7.86. The average Bonchev–Trinajstić information content (AvgIpc) is 3.05. The predicted octanol–water partition coefficient (Wildman–Crippen LogP) is 3.66. The van der Waals surface area contributed by atoms with Crippen LogP contribution < -0.4 is 0 Å². The lowest BCUT2D eigenvalue weighted by Gasteiger charge is -2.20. The molecule has 1 atom stereocenters. The molecular weight excluding hydrogens is 402 g/mol. The van der Waals surface area contributed by atoms with E-state index in [1.54, 1.807) is 12.1 Å². The van der Waals surface area contributed by atoms with Gasteiger partial charge in [-0.2, -0.15) is 4.58 Å². The molecular formula is C23H22NO5S+. The number of hydrogen-bond donors (Lipinski definition) is 1. The quantitative estimate of drug-likeness (QED) is 0.350. The Morgan fingerprint density at radius 2 is 1.77 bits per heavy atom. The van der Waals surface area contributed by atoms with Crippen LogP contribution in [0.25, 0.3) is 0 Å². The van der Waals surface area contributed by atoms with E-state index in [1.165, 1.54) is 30.4 Å². The SMILES string of the molecule is C[N+]1=C(C(C=CC=C2C(=O)c3ccccc3S2(=O)=O)OO)C(C)(C)c2ccccc21. The van der Waals surface area contributed by atoms with Gasteiger partial charge in [0.15, 0.2) is 6.10 Å². The van der Waals surface area contributed by atoms with E-state index in [2.05, 4.69) is 0 Å². The zero-order valence-corrected chi connectivity index (χ0v) is 17.7. The van der Waals surface area contributed by atoms with Crippen LogP contribution in [0.2, 0.25) is 0 Å².